The Bertz CT molecular complexity index is 654. The number of sulfonamides is 1. The lowest BCUT2D eigenvalue weighted by Crippen LogP contribution is -2.43. The summed E-state index contributed by atoms with van der Waals surface area (Å²) in [5.74, 6) is 0.250. The van der Waals surface area contributed by atoms with Crippen LogP contribution in [0.3, 0.4) is 0 Å². The Balaban J connectivity index is 2.35. The van der Waals surface area contributed by atoms with Crippen molar-refractivity contribution in [2.45, 2.75) is 23.8 Å². The molecular weight excluding hydrogens is 310 g/mol. The lowest BCUT2D eigenvalue weighted by atomic mass is 10.1. The summed E-state index contributed by atoms with van der Waals surface area (Å²) in [4.78, 5) is 10.2. The quantitative estimate of drug-likeness (QED) is 0.638. The Morgan fingerprint density at radius 2 is 2.00 bits per heavy atom. The van der Waals surface area contributed by atoms with E-state index >= 15 is 0 Å². The van der Waals surface area contributed by atoms with Gasteiger partial charge in [0.2, 0.25) is 10.0 Å². The van der Waals surface area contributed by atoms with Crippen LogP contribution in [0.4, 0.5) is 5.69 Å². The van der Waals surface area contributed by atoms with Gasteiger partial charge in [-0.05, 0) is 32.0 Å². The van der Waals surface area contributed by atoms with Crippen LogP contribution in [-0.4, -0.2) is 50.9 Å². The van der Waals surface area contributed by atoms with Gasteiger partial charge in [0, 0.05) is 19.1 Å². The number of piperidine rings is 1. The fourth-order valence-electron chi connectivity index (χ4n) is 2.51. The summed E-state index contributed by atoms with van der Waals surface area (Å²) in [6.07, 6.45) is 1.36. The smallest absolute Gasteiger partial charge is 0.293 e. The molecule has 22 heavy (non-hydrogen) atoms. The van der Waals surface area contributed by atoms with Crippen LogP contribution in [0.1, 0.15) is 12.8 Å². The molecule has 1 aliphatic heterocycles. The zero-order valence-electron chi connectivity index (χ0n) is 12.5. The molecule has 1 saturated heterocycles. The average molecular weight is 329 g/mol. The summed E-state index contributed by atoms with van der Waals surface area (Å²) in [5.41, 5.74) is -0.463. The molecule has 122 valence electrons. The van der Waals surface area contributed by atoms with E-state index in [1.807, 2.05) is 7.05 Å². The van der Waals surface area contributed by atoms with Gasteiger partial charge >= 0.3 is 0 Å². The van der Waals surface area contributed by atoms with E-state index in [2.05, 4.69) is 5.32 Å². The highest BCUT2D eigenvalue weighted by Crippen LogP contribution is 2.31. The third kappa shape index (κ3) is 3.21. The van der Waals surface area contributed by atoms with Gasteiger partial charge in [0.25, 0.3) is 5.69 Å². The third-order valence-electron chi connectivity index (χ3n) is 3.84. The highest BCUT2D eigenvalue weighted by atomic mass is 32.2. The monoisotopic (exact) mass is 329 g/mol. The largest absolute Gasteiger partial charge is 0.497 e. The zero-order valence-corrected chi connectivity index (χ0v) is 13.3. The predicted molar refractivity (Wildman–Crippen MR) is 80.5 cm³/mol. The summed E-state index contributed by atoms with van der Waals surface area (Å²) in [6.45, 7) is 0.689. The molecule has 1 aliphatic rings. The van der Waals surface area contributed by atoms with Crippen molar-refractivity contribution in [3.05, 3.63) is 28.3 Å². The zero-order chi connectivity index (χ0) is 16.3. The summed E-state index contributed by atoms with van der Waals surface area (Å²) in [6, 6.07) is 4.06. The van der Waals surface area contributed by atoms with Gasteiger partial charge in [0.15, 0.2) is 4.90 Å². The summed E-state index contributed by atoms with van der Waals surface area (Å²) < 4.78 is 31.6. The Morgan fingerprint density at radius 3 is 2.50 bits per heavy atom. The molecule has 0 aliphatic carbocycles. The van der Waals surface area contributed by atoms with Gasteiger partial charge in [0.05, 0.1) is 18.1 Å². The lowest BCUT2D eigenvalue weighted by molar-refractivity contribution is -0.387. The molecule has 0 unspecified atom stereocenters. The first kappa shape index (κ1) is 16.7. The van der Waals surface area contributed by atoms with Crippen LogP contribution < -0.4 is 10.1 Å². The molecule has 0 radical (unpaired) electrons. The van der Waals surface area contributed by atoms with E-state index in [-0.39, 0.29) is 16.7 Å². The number of hydrogen-bond acceptors (Lipinski definition) is 6. The molecule has 1 aromatic rings. The molecule has 1 fully saturated rings. The van der Waals surface area contributed by atoms with Crippen LogP contribution in [0.5, 0.6) is 5.75 Å². The van der Waals surface area contributed by atoms with Crippen LogP contribution >= 0.6 is 0 Å². The SMILES string of the molecule is CNC1CCN(S(=O)(=O)c2ccc(OC)cc2[N+](=O)[O-])CC1. The van der Waals surface area contributed by atoms with E-state index in [9.17, 15) is 18.5 Å². The van der Waals surface area contributed by atoms with E-state index in [4.69, 9.17) is 4.74 Å². The molecule has 8 nitrogen and oxygen atoms in total. The molecular formula is C13H19N3O5S. The molecule has 1 heterocycles. The van der Waals surface area contributed by atoms with Gasteiger partial charge in [0.1, 0.15) is 5.75 Å². The Morgan fingerprint density at radius 1 is 1.36 bits per heavy atom. The number of hydrogen-bond donors (Lipinski definition) is 1. The van der Waals surface area contributed by atoms with Crippen LogP contribution in [0.15, 0.2) is 23.1 Å². The normalized spacial score (nSPS) is 17.4. The molecule has 0 bridgehead atoms. The number of nitro groups is 1. The second-order valence-electron chi connectivity index (χ2n) is 5.06. The number of ether oxygens (including phenoxy) is 1. The Hall–Kier alpha value is -1.71. The third-order valence-corrected chi connectivity index (χ3v) is 5.79. The Kier molecular flexibility index (Phi) is 4.99. The first-order valence-corrected chi connectivity index (χ1v) is 8.34. The second-order valence-corrected chi connectivity index (χ2v) is 6.96. The molecule has 9 heteroatoms. The standard InChI is InChI=1S/C13H19N3O5S/c1-14-10-5-7-15(8-6-10)22(19,20)13-4-3-11(21-2)9-12(13)16(17)18/h3-4,9-10,14H,5-8H2,1-2H3. The maximum atomic E-state index is 12.7. The number of rotatable bonds is 5. The highest BCUT2D eigenvalue weighted by Gasteiger charge is 2.34. The molecule has 0 amide bonds. The van der Waals surface area contributed by atoms with Gasteiger partial charge in [-0.3, -0.25) is 10.1 Å². The fraction of sp³-hybridized carbons (Fsp3) is 0.538. The molecule has 0 saturated carbocycles. The molecule has 0 aromatic heterocycles. The van der Waals surface area contributed by atoms with Crippen molar-refractivity contribution in [1.82, 2.24) is 9.62 Å². The van der Waals surface area contributed by atoms with Gasteiger partial charge < -0.3 is 10.1 Å². The van der Waals surface area contributed by atoms with Crippen LogP contribution in [0.25, 0.3) is 0 Å². The van der Waals surface area contributed by atoms with Crippen LogP contribution in [0, 0.1) is 10.1 Å². The molecule has 0 atom stereocenters. The number of benzene rings is 1. The van der Waals surface area contributed by atoms with Crippen molar-refractivity contribution in [3.63, 3.8) is 0 Å². The fourth-order valence-corrected chi connectivity index (χ4v) is 4.12. The molecule has 1 aromatic carbocycles. The van der Waals surface area contributed by atoms with E-state index in [1.54, 1.807) is 0 Å². The number of methoxy groups -OCH3 is 1. The minimum absolute atomic E-state index is 0.250. The first-order chi connectivity index (χ1) is 10.4. The van der Waals surface area contributed by atoms with Crippen molar-refractivity contribution >= 4 is 15.7 Å². The highest BCUT2D eigenvalue weighted by molar-refractivity contribution is 7.89. The molecule has 1 N–H and O–H groups in total. The summed E-state index contributed by atoms with van der Waals surface area (Å²) >= 11 is 0. The van der Waals surface area contributed by atoms with Gasteiger partial charge in [-0.25, -0.2) is 8.42 Å². The average Bonchev–Trinajstić information content (AvgIpc) is 2.54. The first-order valence-electron chi connectivity index (χ1n) is 6.90. The van der Waals surface area contributed by atoms with Crippen LogP contribution in [0.2, 0.25) is 0 Å². The minimum Gasteiger partial charge on any atom is -0.497 e. The van der Waals surface area contributed by atoms with E-state index in [0.717, 1.165) is 6.07 Å². The van der Waals surface area contributed by atoms with Gasteiger partial charge in [-0.2, -0.15) is 4.31 Å². The van der Waals surface area contributed by atoms with Crippen LogP contribution in [-0.2, 0) is 10.0 Å². The Labute approximate surface area is 129 Å². The maximum absolute atomic E-state index is 12.7. The lowest BCUT2D eigenvalue weighted by Gasteiger charge is -2.30. The summed E-state index contributed by atoms with van der Waals surface area (Å²) in [7, 11) is -0.679. The molecule has 0 spiro atoms. The number of nitro benzene ring substituents is 1. The van der Waals surface area contributed by atoms with Crippen molar-refractivity contribution in [2.75, 3.05) is 27.2 Å². The van der Waals surface area contributed by atoms with E-state index in [0.29, 0.717) is 25.9 Å². The van der Waals surface area contributed by atoms with Crippen molar-refractivity contribution in [2.24, 2.45) is 0 Å². The van der Waals surface area contributed by atoms with Crippen molar-refractivity contribution in [1.29, 1.82) is 0 Å². The number of nitrogens with one attached hydrogen (secondary N) is 1. The van der Waals surface area contributed by atoms with Crippen molar-refractivity contribution in [3.8, 4) is 5.75 Å². The topological polar surface area (TPSA) is 102 Å². The molecule has 2 rings (SSSR count). The maximum Gasteiger partial charge on any atom is 0.293 e. The predicted octanol–water partition coefficient (Wildman–Crippen LogP) is 0.976. The van der Waals surface area contributed by atoms with Gasteiger partial charge in [-0.1, -0.05) is 0 Å². The van der Waals surface area contributed by atoms with E-state index < -0.39 is 20.6 Å². The van der Waals surface area contributed by atoms with E-state index in [1.165, 1.54) is 23.5 Å². The van der Waals surface area contributed by atoms with Crippen molar-refractivity contribution < 1.29 is 18.1 Å². The second kappa shape index (κ2) is 6.59. The number of nitrogens with zero attached hydrogens (tertiary/aromatic N) is 2. The van der Waals surface area contributed by atoms with Gasteiger partial charge in [-0.15, -0.1) is 0 Å². The minimum atomic E-state index is -3.89. The summed E-state index contributed by atoms with van der Waals surface area (Å²) in [5, 5.41) is 14.3.